The van der Waals surface area contributed by atoms with Gasteiger partial charge in [-0.1, -0.05) is 52.5 Å². The van der Waals surface area contributed by atoms with E-state index in [4.69, 9.17) is 58.0 Å². The van der Waals surface area contributed by atoms with E-state index in [1.54, 1.807) is 0 Å². The number of nitrogens with zero attached hydrogens (tertiary/aromatic N) is 1. The Bertz CT molecular complexity index is 933. The van der Waals surface area contributed by atoms with Crippen LogP contribution in [0, 0.1) is 0 Å². The van der Waals surface area contributed by atoms with Crippen LogP contribution in [0.2, 0.25) is 20.1 Å². The number of carbonyl (C=O) groups is 1. The van der Waals surface area contributed by atoms with Crippen LogP contribution in [-0.4, -0.2) is 19.7 Å². The van der Waals surface area contributed by atoms with Gasteiger partial charge >= 0.3 is 0 Å². The Morgan fingerprint density at radius 2 is 1.64 bits per heavy atom. The van der Waals surface area contributed by atoms with Crippen molar-refractivity contribution in [2.24, 2.45) is 0 Å². The molecule has 0 spiro atoms. The van der Waals surface area contributed by atoms with Gasteiger partial charge in [-0.25, -0.2) is 8.42 Å². The Morgan fingerprint density at radius 1 is 1.00 bits per heavy atom. The molecule has 0 saturated heterocycles. The van der Waals surface area contributed by atoms with Crippen molar-refractivity contribution >= 4 is 79.0 Å². The Labute approximate surface area is 170 Å². The molecule has 10 heteroatoms. The van der Waals surface area contributed by atoms with E-state index in [-0.39, 0.29) is 30.7 Å². The van der Waals surface area contributed by atoms with Crippen molar-refractivity contribution in [1.29, 1.82) is 0 Å². The highest BCUT2D eigenvalue weighted by Gasteiger charge is 2.34. The maximum Gasteiger partial charge on any atom is 0.265 e. The van der Waals surface area contributed by atoms with Crippen LogP contribution >= 0.6 is 58.0 Å². The van der Waals surface area contributed by atoms with Gasteiger partial charge in [0.05, 0.1) is 30.7 Å². The first kappa shape index (κ1) is 20.6. The van der Waals surface area contributed by atoms with Crippen LogP contribution in [-0.2, 0) is 14.8 Å². The van der Waals surface area contributed by atoms with Crippen molar-refractivity contribution in [3.05, 3.63) is 56.5 Å². The van der Waals surface area contributed by atoms with E-state index in [1.807, 2.05) is 0 Å². The third kappa shape index (κ3) is 4.18. The first-order valence-corrected chi connectivity index (χ1v) is 10.0. The van der Waals surface area contributed by atoms with Gasteiger partial charge in [0.25, 0.3) is 10.0 Å². The molecular formula is C15H10Cl5NO3S. The Morgan fingerprint density at radius 3 is 2.20 bits per heavy atom. The standard InChI is InChI=1S/C15H10Cl5NO3S/c1-8(15(20)22)21(13-4-2-3-11(17)14(13)19)25(23,24)9-5-6-10(16)12(18)7-9/h2-8H,1H3. The molecule has 0 aliphatic heterocycles. The molecule has 4 nitrogen and oxygen atoms in total. The summed E-state index contributed by atoms with van der Waals surface area (Å²) in [5, 5.41) is -0.556. The van der Waals surface area contributed by atoms with Crippen molar-refractivity contribution in [2.45, 2.75) is 17.9 Å². The van der Waals surface area contributed by atoms with Crippen LogP contribution in [0.25, 0.3) is 0 Å². The molecule has 0 N–H and O–H groups in total. The lowest BCUT2D eigenvalue weighted by atomic mass is 10.3. The van der Waals surface area contributed by atoms with Crippen LogP contribution in [0.15, 0.2) is 41.3 Å². The molecule has 134 valence electrons. The number of sulfonamides is 1. The van der Waals surface area contributed by atoms with Crippen LogP contribution in [0.3, 0.4) is 0 Å². The van der Waals surface area contributed by atoms with E-state index in [0.29, 0.717) is 0 Å². The molecule has 1 atom stereocenters. The number of benzene rings is 2. The molecule has 0 bridgehead atoms. The van der Waals surface area contributed by atoms with Gasteiger partial charge in [0.1, 0.15) is 6.04 Å². The molecule has 25 heavy (non-hydrogen) atoms. The SMILES string of the molecule is CC(C(=O)Cl)N(c1cccc(Cl)c1Cl)S(=O)(=O)c1ccc(Cl)c(Cl)c1. The zero-order chi connectivity index (χ0) is 18.9. The van der Waals surface area contributed by atoms with Gasteiger partial charge < -0.3 is 0 Å². The molecule has 0 radical (unpaired) electrons. The molecule has 0 amide bonds. The molecule has 0 aliphatic rings. The lowest BCUT2D eigenvalue weighted by Crippen LogP contribution is -2.42. The minimum absolute atomic E-state index is 0.0155. The molecule has 2 aromatic carbocycles. The maximum absolute atomic E-state index is 13.1. The summed E-state index contributed by atoms with van der Waals surface area (Å²) in [6.07, 6.45) is 0. The number of rotatable bonds is 5. The van der Waals surface area contributed by atoms with E-state index < -0.39 is 21.3 Å². The van der Waals surface area contributed by atoms with Gasteiger partial charge in [0.2, 0.25) is 5.24 Å². The zero-order valence-corrected chi connectivity index (χ0v) is 17.1. The normalized spacial score (nSPS) is 12.7. The fourth-order valence-electron chi connectivity index (χ4n) is 2.05. The third-order valence-corrected chi connectivity index (χ3v) is 7.04. The number of anilines is 1. The van der Waals surface area contributed by atoms with Gasteiger partial charge in [-0.3, -0.25) is 9.10 Å². The third-order valence-electron chi connectivity index (χ3n) is 3.30. The number of carbonyl (C=O) groups excluding carboxylic acids is 1. The van der Waals surface area contributed by atoms with Crippen LogP contribution in [0.5, 0.6) is 0 Å². The predicted molar refractivity (Wildman–Crippen MR) is 103 cm³/mol. The molecule has 0 aliphatic carbocycles. The summed E-state index contributed by atoms with van der Waals surface area (Å²) >= 11 is 29.4. The van der Waals surface area contributed by atoms with Crippen LogP contribution < -0.4 is 4.31 Å². The highest BCUT2D eigenvalue weighted by Crippen LogP contribution is 2.37. The predicted octanol–water partition coefficient (Wildman–Crippen LogP) is 5.65. The smallest absolute Gasteiger partial charge is 0.265 e. The van der Waals surface area contributed by atoms with E-state index in [1.165, 1.54) is 43.3 Å². The average molecular weight is 462 g/mol. The van der Waals surface area contributed by atoms with E-state index in [9.17, 15) is 13.2 Å². The average Bonchev–Trinajstić information content (AvgIpc) is 2.53. The Kier molecular flexibility index (Phi) is 6.52. The zero-order valence-electron chi connectivity index (χ0n) is 12.5. The number of halogens is 5. The van der Waals surface area contributed by atoms with Gasteiger partial charge in [-0.05, 0) is 48.9 Å². The fourth-order valence-corrected chi connectivity index (χ4v) is 4.66. The van der Waals surface area contributed by atoms with Gasteiger partial charge in [0, 0.05) is 0 Å². The highest BCUT2D eigenvalue weighted by molar-refractivity contribution is 7.93. The summed E-state index contributed by atoms with van der Waals surface area (Å²) in [5.74, 6) is 0. The van der Waals surface area contributed by atoms with E-state index in [0.717, 1.165) is 4.31 Å². The summed E-state index contributed by atoms with van der Waals surface area (Å²) < 4.78 is 27.0. The minimum atomic E-state index is -4.24. The maximum atomic E-state index is 13.1. The lowest BCUT2D eigenvalue weighted by Gasteiger charge is -2.29. The molecule has 1 unspecified atom stereocenters. The van der Waals surface area contributed by atoms with Gasteiger partial charge in [-0.15, -0.1) is 0 Å². The first-order chi connectivity index (χ1) is 11.6. The summed E-state index contributed by atoms with van der Waals surface area (Å²) in [6.45, 7) is 1.33. The van der Waals surface area contributed by atoms with E-state index in [2.05, 4.69) is 0 Å². The van der Waals surface area contributed by atoms with Crippen molar-refractivity contribution < 1.29 is 13.2 Å². The molecule has 2 aromatic rings. The minimum Gasteiger partial charge on any atom is -0.279 e. The van der Waals surface area contributed by atoms with E-state index >= 15 is 0 Å². The number of hydrogen-bond donors (Lipinski definition) is 0. The second kappa shape index (κ2) is 7.91. The van der Waals surface area contributed by atoms with Crippen LogP contribution in [0.1, 0.15) is 6.92 Å². The van der Waals surface area contributed by atoms with Crippen LogP contribution in [0.4, 0.5) is 5.69 Å². The van der Waals surface area contributed by atoms with Gasteiger partial charge in [-0.2, -0.15) is 0 Å². The monoisotopic (exact) mass is 459 g/mol. The summed E-state index contributed by atoms with van der Waals surface area (Å²) in [5.41, 5.74) is 0.0155. The summed E-state index contributed by atoms with van der Waals surface area (Å²) in [7, 11) is -4.24. The topological polar surface area (TPSA) is 54.5 Å². The summed E-state index contributed by atoms with van der Waals surface area (Å²) in [4.78, 5) is 11.5. The van der Waals surface area contributed by atoms with Crippen molar-refractivity contribution in [1.82, 2.24) is 0 Å². The highest BCUT2D eigenvalue weighted by atomic mass is 35.5. The fraction of sp³-hybridized carbons (Fsp3) is 0.133. The summed E-state index contributed by atoms with van der Waals surface area (Å²) in [6, 6.07) is 6.95. The molecule has 0 fully saturated rings. The van der Waals surface area contributed by atoms with Crippen molar-refractivity contribution in [3.63, 3.8) is 0 Å². The molecular weight excluding hydrogens is 452 g/mol. The molecule has 0 aromatic heterocycles. The first-order valence-electron chi connectivity index (χ1n) is 6.70. The Hall–Kier alpha value is -0.690. The number of hydrogen-bond acceptors (Lipinski definition) is 3. The quantitative estimate of drug-likeness (QED) is 0.541. The second-order valence-electron chi connectivity index (χ2n) is 4.93. The molecule has 2 rings (SSSR count). The van der Waals surface area contributed by atoms with Gasteiger partial charge in [0.15, 0.2) is 0 Å². The lowest BCUT2D eigenvalue weighted by molar-refractivity contribution is -0.112. The molecule has 0 heterocycles. The second-order valence-corrected chi connectivity index (χ2v) is 8.72. The molecule has 0 saturated carbocycles. The van der Waals surface area contributed by atoms with Crippen molar-refractivity contribution in [2.75, 3.05) is 4.31 Å². The Balaban J connectivity index is 2.72. The largest absolute Gasteiger partial charge is 0.279 e. The van der Waals surface area contributed by atoms with Crippen molar-refractivity contribution in [3.8, 4) is 0 Å².